The first kappa shape index (κ1) is 20.4. The second-order valence-electron chi connectivity index (χ2n) is 8.15. The molecule has 1 aromatic carbocycles. The molecule has 1 aliphatic heterocycles. The number of aromatic nitrogens is 3. The number of morpholine rings is 1. The van der Waals surface area contributed by atoms with Crippen molar-refractivity contribution < 1.29 is 4.74 Å². The zero-order valence-corrected chi connectivity index (χ0v) is 17.7. The minimum absolute atomic E-state index is 0.762. The summed E-state index contributed by atoms with van der Waals surface area (Å²) >= 11 is 6.05. The van der Waals surface area contributed by atoms with Gasteiger partial charge in [-0.1, -0.05) is 41.1 Å². The van der Waals surface area contributed by atoms with Crippen molar-refractivity contribution in [3.63, 3.8) is 0 Å². The summed E-state index contributed by atoms with van der Waals surface area (Å²) in [5, 5.41) is 9.63. The SMILES string of the molecule is C=C1CC(CCn2cc(N(CCN3CCOCC3)Cc3ccc(Cl)cc3)nn2)C1. The Labute approximate surface area is 178 Å². The van der Waals surface area contributed by atoms with Gasteiger partial charge in [0.2, 0.25) is 0 Å². The summed E-state index contributed by atoms with van der Waals surface area (Å²) in [5.74, 6) is 1.70. The van der Waals surface area contributed by atoms with Crippen LogP contribution in [0.4, 0.5) is 5.82 Å². The normalized spacial score (nSPS) is 18.0. The van der Waals surface area contributed by atoms with Crippen molar-refractivity contribution in [2.24, 2.45) is 5.92 Å². The Morgan fingerprint density at radius 1 is 1.14 bits per heavy atom. The average molecular weight is 416 g/mol. The number of rotatable bonds is 9. The van der Waals surface area contributed by atoms with E-state index in [0.29, 0.717) is 0 Å². The average Bonchev–Trinajstić information content (AvgIpc) is 3.19. The van der Waals surface area contributed by atoms with Crippen LogP contribution in [-0.4, -0.2) is 59.3 Å². The first-order valence-electron chi connectivity index (χ1n) is 10.5. The Kier molecular flexibility index (Phi) is 6.85. The minimum atomic E-state index is 0.762. The number of halogens is 1. The number of benzene rings is 1. The zero-order chi connectivity index (χ0) is 20.1. The van der Waals surface area contributed by atoms with Crippen LogP contribution in [0, 0.1) is 5.92 Å². The molecule has 0 atom stereocenters. The van der Waals surface area contributed by atoms with E-state index in [9.17, 15) is 0 Å². The fourth-order valence-electron chi connectivity index (χ4n) is 3.99. The summed E-state index contributed by atoms with van der Waals surface area (Å²) in [6.45, 7) is 11.3. The van der Waals surface area contributed by atoms with Gasteiger partial charge in [0.15, 0.2) is 5.82 Å². The van der Waals surface area contributed by atoms with Gasteiger partial charge >= 0.3 is 0 Å². The number of nitrogens with zero attached hydrogens (tertiary/aromatic N) is 5. The van der Waals surface area contributed by atoms with E-state index >= 15 is 0 Å². The number of aryl methyl sites for hydroxylation is 1. The fourth-order valence-corrected chi connectivity index (χ4v) is 4.12. The molecule has 1 aromatic heterocycles. The van der Waals surface area contributed by atoms with Crippen LogP contribution in [0.15, 0.2) is 42.6 Å². The lowest BCUT2D eigenvalue weighted by molar-refractivity contribution is 0.0391. The van der Waals surface area contributed by atoms with Crippen LogP contribution < -0.4 is 4.90 Å². The largest absolute Gasteiger partial charge is 0.379 e. The Morgan fingerprint density at radius 3 is 2.62 bits per heavy atom. The Morgan fingerprint density at radius 2 is 1.90 bits per heavy atom. The molecule has 2 aromatic rings. The molecule has 0 radical (unpaired) electrons. The van der Waals surface area contributed by atoms with Gasteiger partial charge < -0.3 is 9.64 Å². The van der Waals surface area contributed by atoms with Crippen molar-refractivity contribution >= 4 is 17.4 Å². The molecule has 2 heterocycles. The summed E-state index contributed by atoms with van der Waals surface area (Å²) in [7, 11) is 0. The molecule has 0 bridgehead atoms. The molecule has 7 heteroatoms. The van der Waals surface area contributed by atoms with E-state index < -0.39 is 0 Å². The zero-order valence-electron chi connectivity index (χ0n) is 17.0. The molecule has 0 unspecified atom stereocenters. The third-order valence-electron chi connectivity index (χ3n) is 5.85. The number of anilines is 1. The molecule has 0 N–H and O–H groups in total. The number of ether oxygens (including phenoxy) is 1. The Hall–Kier alpha value is -1.89. The molecule has 0 amide bonds. The molecular weight excluding hydrogens is 386 g/mol. The first-order valence-corrected chi connectivity index (χ1v) is 10.9. The smallest absolute Gasteiger partial charge is 0.171 e. The van der Waals surface area contributed by atoms with Crippen molar-refractivity contribution in [3.05, 3.63) is 53.2 Å². The van der Waals surface area contributed by atoms with Crippen molar-refractivity contribution in [1.29, 1.82) is 0 Å². The van der Waals surface area contributed by atoms with E-state index in [1.165, 1.54) is 24.0 Å². The third kappa shape index (κ3) is 5.81. The molecule has 29 heavy (non-hydrogen) atoms. The van der Waals surface area contributed by atoms with E-state index in [1.54, 1.807) is 0 Å². The molecule has 4 rings (SSSR count). The molecule has 1 aliphatic carbocycles. The van der Waals surface area contributed by atoms with E-state index in [1.807, 2.05) is 16.8 Å². The number of allylic oxidation sites excluding steroid dienone is 1. The predicted octanol–water partition coefficient (Wildman–Crippen LogP) is 3.63. The predicted molar refractivity (Wildman–Crippen MR) is 116 cm³/mol. The second-order valence-corrected chi connectivity index (χ2v) is 8.59. The van der Waals surface area contributed by atoms with Crippen molar-refractivity contribution in [3.8, 4) is 0 Å². The maximum Gasteiger partial charge on any atom is 0.171 e. The standard InChI is InChI=1S/C22H30ClN5O/c1-18-14-20(15-18)6-7-28-17-22(24-25-28)27(9-8-26-10-12-29-13-11-26)16-19-2-4-21(23)5-3-19/h2-5,17,20H,1,6-16H2. The lowest BCUT2D eigenvalue weighted by Crippen LogP contribution is -2.41. The van der Waals surface area contributed by atoms with Gasteiger partial charge in [-0.25, -0.2) is 0 Å². The van der Waals surface area contributed by atoms with Crippen LogP contribution in [0.1, 0.15) is 24.8 Å². The summed E-state index contributed by atoms with van der Waals surface area (Å²) in [5.41, 5.74) is 2.60. The maximum absolute atomic E-state index is 6.05. The molecule has 2 fully saturated rings. The summed E-state index contributed by atoms with van der Waals surface area (Å²) in [6.07, 6.45) is 5.57. The Balaban J connectivity index is 1.39. The van der Waals surface area contributed by atoms with Crippen LogP contribution >= 0.6 is 11.6 Å². The molecule has 156 valence electrons. The van der Waals surface area contributed by atoms with Gasteiger partial charge in [-0.15, -0.1) is 5.10 Å². The molecular formula is C22H30ClN5O. The fraction of sp³-hybridized carbons (Fsp3) is 0.545. The number of hydrogen-bond acceptors (Lipinski definition) is 5. The van der Waals surface area contributed by atoms with Gasteiger partial charge in [-0.05, 0) is 42.9 Å². The van der Waals surface area contributed by atoms with Gasteiger partial charge in [-0.2, -0.15) is 0 Å². The maximum atomic E-state index is 6.05. The van der Waals surface area contributed by atoms with E-state index in [-0.39, 0.29) is 0 Å². The lowest BCUT2D eigenvalue weighted by atomic mass is 9.79. The highest BCUT2D eigenvalue weighted by atomic mass is 35.5. The topological polar surface area (TPSA) is 46.4 Å². The van der Waals surface area contributed by atoms with Gasteiger partial charge in [-0.3, -0.25) is 9.58 Å². The van der Waals surface area contributed by atoms with Crippen molar-refractivity contribution in [1.82, 2.24) is 19.9 Å². The Bertz CT molecular complexity index is 792. The minimum Gasteiger partial charge on any atom is -0.379 e. The monoisotopic (exact) mass is 415 g/mol. The van der Waals surface area contributed by atoms with Crippen molar-refractivity contribution in [2.45, 2.75) is 32.4 Å². The quantitative estimate of drug-likeness (QED) is 0.585. The van der Waals surface area contributed by atoms with Crippen LogP contribution in [-0.2, 0) is 17.8 Å². The molecule has 0 spiro atoms. The van der Waals surface area contributed by atoms with Gasteiger partial charge in [0.1, 0.15) is 0 Å². The summed E-state index contributed by atoms with van der Waals surface area (Å²) in [6, 6.07) is 8.05. The lowest BCUT2D eigenvalue weighted by Gasteiger charge is -2.30. The van der Waals surface area contributed by atoms with E-state index in [0.717, 1.165) is 75.7 Å². The van der Waals surface area contributed by atoms with Gasteiger partial charge in [0.25, 0.3) is 0 Å². The van der Waals surface area contributed by atoms with E-state index in [4.69, 9.17) is 16.3 Å². The number of hydrogen-bond donors (Lipinski definition) is 0. The van der Waals surface area contributed by atoms with Gasteiger partial charge in [0, 0.05) is 44.3 Å². The van der Waals surface area contributed by atoms with Crippen LogP contribution in [0.3, 0.4) is 0 Å². The molecule has 2 aliphatic rings. The molecule has 6 nitrogen and oxygen atoms in total. The second kappa shape index (κ2) is 9.74. The van der Waals surface area contributed by atoms with E-state index in [2.05, 4.69) is 45.0 Å². The van der Waals surface area contributed by atoms with Crippen LogP contribution in [0.2, 0.25) is 5.02 Å². The summed E-state index contributed by atoms with van der Waals surface area (Å²) in [4.78, 5) is 4.76. The first-order chi connectivity index (χ1) is 14.2. The van der Waals surface area contributed by atoms with Gasteiger partial charge in [0.05, 0.1) is 19.4 Å². The third-order valence-corrected chi connectivity index (χ3v) is 6.10. The summed E-state index contributed by atoms with van der Waals surface area (Å²) < 4.78 is 7.46. The highest BCUT2D eigenvalue weighted by molar-refractivity contribution is 6.30. The highest BCUT2D eigenvalue weighted by Gasteiger charge is 2.21. The van der Waals surface area contributed by atoms with Crippen LogP contribution in [0.5, 0.6) is 0 Å². The molecule has 1 saturated heterocycles. The van der Waals surface area contributed by atoms with Crippen LogP contribution in [0.25, 0.3) is 0 Å². The van der Waals surface area contributed by atoms with Crippen molar-refractivity contribution in [2.75, 3.05) is 44.3 Å². The highest BCUT2D eigenvalue weighted by Crippen LogP contribution is 2.34. The molecule has 1 saturated carbocycles.